The first kappa shape index (κ1) is 16.9. The molecule has 0 saturated heterocycles. The number of nitrogens with one attached hydrogen (secondary N) is 2. The molecule has 6 heteroatoms. The fourth-order valence-corrected chi connectivity index (χ4v) is 1.91. The maximum absolute atomic E-state index is 12.1. The third-order valence-corrected chi connectivity index (χ3v) is 3.13. The predicted molar refractivity (Wildman–Crippen MR) is 91.6 cm³/mol. The molecule has 0 unspecified atom stereocenters. The van der Waals surface area contributed by atoms with Crippen molar-refractivity contribution in [3.8, 4) is 6.07 Å². The van der Waals surface area contributed by atoms with Crippen molar-refractivity contribution in [3.63, 3.8) is 0 Å². The fourth-order valence-electron chi connectivity index (χ4n) is 1.91. The molecule has 2 N–H and O–H groups in total. The Morgan fingerprint density at radius 1 is 1.21 bits per heavy atom. The molecule has 24 heavy (non-hydrogen) atoms. The number of amides is 2. The molecule has 0 aromatic heterocycles. The number of nitriles is 1. The first-order chi connectivity index (χ1) is 11.6. The summed E-state index contributed by atoms with van der Waals surface area (Å²) >= 11 is 0. The lowest BCUT2D eigenvalue weighted by Crippen LogP contribution is -2.18. The highest BCUT2D eigenvalue weighted by Crippen LogP contribution is 2.11. The number of rotatable bonds is 5. The molecule has 0 aliphatic rings. The number of carbonyl (C=O) groups excluding carboxylic acids is 2. The second kappa shape index (κ2) is 8.25. The third kappa shape index (κ3) is 4.78. The number of hydrogen-bond acceptors (Lipinski definition) is 4. The lowest BCUT2D eigenvalue weighted by Gasteiger charge is -2.05. The van der Waals surface area contributed by atoms with Gasteiger partial charge in [0.25, 0.3) is 5.91 Å². The summed E-state index contributed by atoms with van der Waals surface area (Å²) < 4.78 is 0. The van der Waals surface area contributed by atoms with Crippen LogP contribution in [0.2, 0.25) is 0 Å². The zero-order valence-corrected chi connectivity index (χ0v) is 13.1. The Balaban J connectivity index is 2.02. The molecule has 0 fully saturated rings. The van der Waals surface area contributed by atoms with E-state index in [-0.39, 0.29) is 5.91 Å². The number of nitrogens with zero attached hydrogens (tertiary/aromatic N) is 2. The average Bonchev–Trinajstić information content (AvgIpc) is 2.62. The van der Waals surface area contributed by atoms with Crippen LogP contribution in [0.4, 0.5) is 5.69 Å². The Hall–Kier alpha value is -3.46. The second-order valence-electron chi connectivity index (χ2n) is 4.92. The topological polar surface area (TPSA) is 94.3 Å². The van der Waals surface area contributed by atoms with Gasteiger partial charge in [-0.2, -0.15) is 10.4 Å². The summed E-state index contributed by atoms with van der Waals surface area (Å²) in [7, 11) is 0. The van der Waals surface area contributed by atoms with E-state index in [1.165, 1.54) is 6.21 Å². The number of anilines is 1. The molecule has 0 spiro atoms. The molecule has 0 bridgehead atoms. The molecule has 2 aromatic rings. The molecule has 0 atom stereocenters. The van der Waals surface area contributed by atoms with Gasteiger partial charge >= 0.3 is 0 Å². The van der Waals surface area contributed by atoms with E-state index in [1.807, 2.05) is 6.07 Å². The SMILES string of the molecule is CCC(=O)Nc1cccc(C(=O)N/N=C/c2cccc(C#N)c2)c1. The van der Waals surface area contributed by atoms with Crippen LogP contribution < -0.4 is 10.7 Å². The number of benzene rings is 2. The summed E-state index contributed by atoms with van der Waals surface area (Å²) in [4.78, 5) is 23.5. The first-order valence-corrected chi connectivity index (χ1v) is 7.36. The third-order valence-electron chi connectivity index (χ3n) is 3.13. The van der Waals surface area contributed by atoms with Crippen LogP contribution in [0.1, 0.15) is 34.8 Å². The average molecular weight is 320 g/mol. The van der Waals surface area contributed by atoms with Crippen LogP contribution in [-0.2, 0) is 4.79 Å². The molecule has 0 aliphatic carbocycles. The van der Waals surface area contributed by atoms with E-state index in [0.717, 1.165) is 0 Å². The second-order valence-corrected chi connectivity index (χ2v) is 4.92. The van der Waals surface area contributed by atoms with Gasteiger partial charge in [0.1, 0.15) is 0 Å². The Labute approximate surface area is 139 Å². The van der Waals surface area contributed by atoms with Crippen molar-refractivity contribution in [1.29, 1.82) is 5.26 Å². The van der Waals surface area contributed by atoms with Crippen molar-refractivity contribution < 1.29 is 9.59 Å². The maximum atomic E-state index is 12.1. The fraction of sp³-hybridized carbons (Fsp3) is 0.111. The van der Waals surface area contributed by atoms with Gasteiger partial charge in [-0.1, -0.05) is 25.1 Å². The van der Waals surface area contributed by atoms with E-state index in [2.05, 4.69) is 15.8 Å². The smallest absolute Gasteiger partial charge is 0.271 e. The summed E-state index contributed by atoms with van der Waals surface area (Å²) in [6, 6.07) is 15.5. The van der Waals surface area contributed by atoms with E-state index < -0.39 is 5.91 Å². The summed E-state index contributed by atoms with van der Waals surface area (Å²) in [6.07, 6.45) is 1.82. The molecule has 0 heterocycles. The minimum atomic E-state index is -0.393. The highest BCUT2D eigenvalue weighted by molar-refractivity contribution is 5.97. The maximum Gasteiger partial charge on any atom is 0.271 e. The van der Waals surface area contributed by atoms with Gasteiger partial charge in [-0.3, -0.25) is 9.59 Å². The van der Waals surface area contributed by atoms with Crippen LogP contribution in [0, 0.1) is 11.3 Å². The molecule has 6 nitrogen and oxygen atoms in total. The first-order valence-electron chi connectivity index (χ1n) is 7.36. The van der Waals surface area contributed by atoms with Gasteiger partial charge < -0.3 is 5.32 Å². The van der Waals surface area contributed by atoms with Crippen molar-refractivity contribution in [3.05, 3.63) is 65.2 Å². The Morgan fingerprint density at radius 2 is 2.00 bits per heavy atom. The van der Waals surface area contributed by atoms with Crippen LogP contribution in [0.3, 0.4) is 0 Å². The zero-order valence-electron chi connectivity index (χ0n) is 13.1. The van der Waals surface area contributed by atoms with Gasteiger partial charge in [0.2, 0.25) is 5.91 Å². The molecule has 2 amide bonds. The minimum Gasteiger partial charge on any atom is -0.326 e. The van der Waals surface area contributed by atoms with Gasteiger partial charge in [-0.25, -0.2) is 5.43 Å². The summed E-state index contributed by atoms with van der Waals surface area (Å²) in [5.41, 5.74) is 4.58. The molecule has 0 saturated carbocycles. The zero-order chi connectivity index (χ0) is 17.4. The molecular formula is C18H16N4O2. The summed E-state index contributed by atoms with van der Waals surface area (Å²) in [6.45, 7) is 1.75. The number of carbonyl (C=O) groups is 2. The Bertz CT molecular complexity index is 822. The molecule has 0 radical (unpaired) electrons. The van der Waals surface area contributed by atoms with Gasteiger partial charge in [-0.15, -0.1) is 0 Å². The molecular weight excluding hydrogens is 304 g/mol. The minimum absolute atomic E-state index is 0.122. The van der Waals surface area contributed by atoms with Crippen molar-refractivity contribution in [2.45, 2.75) is 13.3 Å². The molecule has 2 rings (SSSR count). The van der Waals surface area contributed by atoms with E-state index in [4.69, 9.17) is 5.26 Å². The van der Waals surface area contributed by atoms with E-state index in [1.54, 1.807) is 55.5 Å². The van der Waals surface area contributed by atoms with Crippen LogP contribution in [0.15, 0.2) is 53.6 Å². The van der Waals surface area contributed by atoms with Crippen LogP contribution in [0.25, 0.3) is 0 Å². The van der Waals surface area contributed by atoms with Crippen LogP contribution in [0.5, 0.6) is 0 Å². The Kier molecular flexibility index (Phi) is 5.81. The predicted octanol–water partition coefficient (Wildman–Crippen LogP) is 2.67. The lowest BCUT2D eigenvalue weighted by molar-refractivity contribution is -0.115. The summed E-state index contributed by atoms with van der Waals surface area (Å²) in [5, 5.41) is 15.4. The van der Waals surface area contributed by atoms with Gasteiger partial charge in [0, 0.05) is 17.7 Å². The van der Waals surface area contributed by atoms with E-state index >= 15 is 0 Å². The summed E-state index contributed by atoms with van der Waals surface area (Å²) in [5.74, 6) is -0.516. The van der Waals surface area contributed by atoms with Crippen LogP contribution in [-0.4, -0.2) is 18.0 Å². The van der Waals surface area contributed by atoms with Crippen molar-refractivity contribution in [2.75, 3.05) is 5.32 Å². The monoisotopic (exact) mass is 320 g/mol. The van der Waals surface area contributed by atoms with Gasteiger partial charge in [-0.05, 0) is 35.9 Å². The lowest BCUT2D eigenvalue weighted by atomic mass is 10.1. The Morgan fingerprint density at radius 3 is 2.75 bits per heavy atom. The van der Waals surface area contributed by atoms with Crippen molar-refractivity contribution in [1.82, 2.24) is 5.43 Å². The molecule has 120 valence electrons. The van der Waals surface area contributed by atoms with Crippen LogP contribution >= 0.6 is 0 Å². The van der Waals surface area contributed by atoms with E-state index in [9.17, 15) is 9.59 Å². The normalized spacial score (nSPS) is 10.2. The molecule has 2 aromatic carbocycles. The van der Waals surface area contributed by atoms with Crippen molar-refractivity contribution >= 4 is 23.7 Å². The standard InChI is InChI=1S/C18H16N4O2/c1-2-17(23)21-16-8-4-7-15(10-16)18(24)22-20-12-14-6-3-5-13(9-14)11-19/h3-10,12H,2H2,1H3,(H,21,23)(H,22,24)/b20-12+. The molecule has 0 aliphatic heterocycles. The van der Waals surface area contributed by atoms with E-state index in [0.29, 0.717) is 28.8 Å². The van der Waals surface area contributed by atoms with Gasteiger partial charge in [0.05, 0.1) is 17.8 Å². The number of hydrogen-bond donors (Lipinski definition) is 2. The highest BCUT2D eigenvalue weighted by Gasteiger charge is 2.06. The highest BCUT2D eigenvalue weighted by atomic mass is 16.2. The van der Waals surface area contributed by atoms with Gasteiger partial charge in [0.15, 0.2) is 0 Å². The van der Waals surface area contributed by atoms with Crippen molar-refractivity contribution in [2.24, 2.45) is 5.10 Å². The largest absolute Gasteiger partial charge is 0.326 e. The number of hydrazone groups is 1. The quantitative estimate of drug-likeness (QED) is 0.655.